The smallest absolute Gasteiger partial charge is 0.186 e. The number of nitrogens with one attached hydrogen (secondary N) is 1. The first-order chi connectivity index (χ1) is 10.2. The molecule has 0 fully saturated rings. The first-order valence-corrected chi connectivity index (χ1v) is 7.68. The lowest BCUT2D eigenvalue weighted by Crippen LogP contribution is -2.08. The van der Waals surface area contributed by atoms with Gasteiger partial charge in [0, 0.05) is 18.3 Å². The molecule has 0 saturated carbocycles. The van der Waals surface area contributed by atoms with Crippen LogP contribution >= 0.6 is 11.3 Å². The molecule has 0 radical (unpaired) electrons. The Bertz CT molecular complexity index is 784. The maximum absolute atomic E-state index is 14.0. The summed E-state index contributed by atoms with van der Waals surface area (Å²) >= 11 is 1.61. The molecule has 1 N–H and O–H groups in total. The van der Waals surface area contributed by atoms with Crippen LogP contribution in [0.5, 0.6) is 0 Å². The molecule has 3 rings (SSSR count). The number of aryl methyl sites for hydroxylation is 1. The van der Waals surface area contributed by atoms with Gasteiger partial charge in [-0.25, -0.2) is 14.4 Å². The van der Waals surface area contributed by atoms with Gasteiger partial charge in [-0.1, -0.05) is 6.92 Å². The summed E-state index contributed by atoms with van der Waals surface area (Å²) in [4.78, 5) is 12.9. The SMILES string of the molecule is CCCNc1nc(-c2cnc3ccsc3c2)nc(C)c1F. The molecule has 0 aliphatic heterocycles. The average Bonchev–Trinajstić information content (AvgIpc) is 2.96. The van der Waals surface area contributed by atoms with E-state index in [2.05, 4.69) is 20.3 Å². The minimum Gasteiger partial charge on any atom is -0.368 e. The van der Waals surface area contributed by atoms with Gasteiger partial charge in [0.1, 0.15) is 0 Å². The topological polar surface area (TPSA) is 50.7 Å². The lowest BCUT2D eigenvalue weighted by atomic mass is 10.2. The zero-order chi connectivity index (χ0) is 14.8. The maximum Gasteiger partial charge on any atom is 0.186 e. The molecule has 0 amide bonds. The van der Waals surface area contributed by atoms with Crippen molar-refractivity contribution in [3.8, 4) is 11.4 Å². The number of hydrogen-bond acceptors (Lipinski definition) is 5. The van der Waals surface area contributed by atoms with Gasteiger partial charge in [0.05, 0.1) is 15.9 Å². The van der Waals surface area contributed by atoms with Gasteiger partial charge in [-0.3, -0.25) is 4.98 Å². The molecular formula is C15H15FN4S. The second-order valence-electron chi connectivity index (χ2n) is 4.75. The van der Waals surface area contributed by atoms with Crippen LogP contribution in [0.1, 0.15) is 19.0 Å². The normalized spacial score (nSPS) is 11.0. The van der Waals surface area contributed by atoms with Crippen LogP contribution in [0.15, 0.2) is 23.7 Å². The van der Waals surface area contributed by atoms with Gasteiger partial charge >= 0.3 is 0 Å². The fraction of sp³-hybridized carbons (Fsp3) is 0.267. The van der Waals surface area contributed by atoms with Crippen LogP contribution in [0.3, 0.4) is 0 Å². The van der Waals surface area contributed by atoms with Gasteiger partial charge in [-0.05, 0) is 30.9 Å². The van der Waals surface area contributed by atoms with Crippen molar-refractivity contribution in [3.63, 3.8) is 0 Å². The molecule has 0 unspecified atom stereocenters. The van der Waals surface area contributed by atoms with Crippen LogP contribution in [-0.4, -0.2) is 21.5 Å². The van der Waals surface area contributed by atoms with Crippen LogP contribution < -0.4 is 5.32 Å². The highest BCUT2D eigenvalue weighted by atomic mass is 32.1. The van der Waals surface area contributed by atoms with E-state index in [-0.39, 0.29) is 5.82 Å². The Morgan fingerprint density at radius 3 is 3.00 bits per heavy atom. The summed E-state index contributed by atoms with van der Waals surface area (Å²) < 4.78 is 15.1. The van der Waals surface area contributed by atoms with E-state index in [9.17, 15) is 4.39 Å². The Kier molecular flexibility index (Phi) is 3.79. The number of fused-ring (bicyclic) bond motifs is 1. The Morgan fingerprint density at radius 1 is 1.33 bits per heavy atom. The van der Waals surface area contributed by atoms with Crippen LogP contribution in [0, 0.1) is 12.7 Å². The van der Waals surface area contributed by atoms with Crippen molar-refractivity contribution < 1.29 is 4.39 Å². The number of anilines is 1. The monoisotopic (exact) mass is 302 g/mol. The highest BCUT2D eigenvalue weighted by Crippen LogP contribution is 2.26. The Balaban J connectivity index is 2.06. The Morgan fingerprint density at radius 2 is 2.19 bits per heavy atom. The summed E-state index contributed by atoms with van der Waals surface area (Å²) in [6.07, 6.45) is 2.63. The van der Waals surface area contributed by atoms with E-state index in [1.54, 1.807) is 24.5 Å². The maximum atomic E-state index is 14.0. The molecule has 4 nitrogen and oxygen atoms in total. The predicted octanol–water partition coefficient (Wildman–Crippen LogP) is 4.02. The first-order valence-electron chi connectivity index (χ1n) is 6.80. The minimum absolute atomic E-state index is 0.255. The third-order valence-corrected chi connectivity index (χ3v) is 3.97. The quantitative estimate of drug-likeness (QED) is 0.790. The molecule has 21 heavy (non-hydrogen) atoms. The van der Waals surface area contributed by atoms with Gasteiger partial charge in [0.2, 0.25) is 0 Å². The average molecular weight is 302 g/mol. The summed E-state index contributed by atoms with van der Waals surface area (Å²) in [5.41, 5.74) is 2.09. The van der Waals surface area contributed by atoms with Crippen molar-refractivity contribution in [2.24, 2.45) is 0 Å². The molecule has 6 heteroatoms. The number of aromatic nitrogens is 3. The molecule has 0 aliphatic rings. The summed E-state index contributed by atoms with van der Waals surface area (Å²) in [5, 5.41) is 4.99. The molecule has 0 bridgehead atoms. The molecule has 0 aliphatic carbocycles. The first kappa shape index (κ1) is 13.9. The fourth-order valence-electron chi connectivity index (χ4n) is 2.02. The number of rotatable bonds is 4. The zero-order valence-electron chi connectivity index (χ0n) is 11.9. The van der Waals surface area contributed by atoms with E-state index >= 15 is 0 Å². The van der Waals surface area contributed by atoms with Crippen LogP contribution in [0.25, 0.3) is 21.6 Å². The number of thiophene rings is 1. The van der Waals surface area contributed by atoms with E-state index < -0.39 is 5.82 Å². The van der Waals surface area contributed by atoms with Crippen LogP contribution in [-0.2, 0) is 0 Å². The molecule has 0 spiro atoms. The van der Waals surface area contributed by atoms with Crippen molar-refractivity contribution in [1.29, 1.82) is 0 Å². The van der Waals surface area contributed by atoms with E-state index in [0.29, 0.717) is 18.1 Å². The lowest BCUT2D eigenvalue weighted by molar-refractivity contribution is 0.605. The van der Waals surface area contributed by atoms with Gasteiger partial charge < -0.3 is 5.32 Å². The summed E-state index contributed by atoms with van der Waals surface area (Å²) in [6.45, 7) is 4.35. The van der Waals surface area contributed by atoms with Crippen molar-refractivity contribution in [1.82, 2.24) is 15.0 Å². The predicted molar refractivity (Wildman–Crippen MR) is 84.1 cm³/mol. The summed E-state index contributed by atoms with van der Waals surface area (Å²) in [5.74, 6) is 0.360. The van der Waals surface area contributed by atoms with Crippen molar-refractivity contribution in [2.75, 3.05) is 11.9 Å². The molecule has 3 aromatic rings. The second kappa shape index (κ2) is 5.73. The third-order valence-electron chi connectivity index (χ3n) is 3.12. The van der Waals surface area contributed by atoms with Gasteiger partial charge in [0.25, 0.3) is 0 Å². The van der Waals surface area contributed by atoms with Crippen molar-refractivity contribution in [2.45, 2.75) is 20.3 Å². The largest absolute Gasteiger partial charge is 0.368 e. The highest BCUT2D eigenvalue weighted by molar-refractivity contribution is 7.17. The fourth-order valence-corrected chi connectivity index (χ4v) is 2.80. The minimum atomic E-state index is -0.391. The van der Waals surface area contributed by atoms with Crippen LogP contribution in [0.2, 0.25) is 0 Å². The molecular weight excluding hydrogens is 287 g/mol. The van der Waals surface area contributed by atoms with Crippen molar-refractivity contribution in [3.05, 3.63) is 35.2 Å². The Labute approximate surface area is 126 Å². The van der Waals surface area contributed by atoms with Gasteiger partial charge in [-0.15, -0.1) is 11.3 Å². The molecule has 0 atom stereocenters. The molecule has 108 valence electrons. The summed E-state index contributed by atoms with van der Waals surface area (Å²) in [6, 6.07) is 3.96. The lowest BCUT2D eigenvalue weighted by Gasteiger charge is -2.09. The van der Waals surface area contributed by atoms with Crippen LogP contribution in [0.4, 0.5) is 10.2 Å². The van der Waals surface area contributed by atoms with Gasteiger partial charge in [0.15, 0.2) is 17.5 Å². The van der Waals surface area contributed by atoms with E-state index in [0.717, 1.165) is 22.2 Å². The molecule has 0 aromatic carbocycles. The molecule has 3 aromatic heterocycles. The van der Waals surface area contributed by atoms with Crippen molar-refractivity contribution >= 4 is 27.4 Å². The second-order valence-corrected chi connectivity index (χ2v) is 5.70. The number of nitrogens with zero attached hydrogens (tertiary/aromatic N) is 3. The highest BCUT2D eigenvalue weighted by Gasteiger charge is 2.13. The van der Waals surface area contributed by atoms with E-state index in [1.807, 2.05) is 24.4 Å². The number of hydrogen-bond donors (Lipinski definition) is 1. The molecule has 3 heterocycles. The van der Waals surface area contributed by atoms with E-state index in [4.69, 9.17) is 0 Å². The molecule has 0 saturated heterocycles. The zero-order valence-corrected chi connectivity index (χ0v) is 12.7. The summed E-state index contributed by atoms with van der Waals surface area (Å²) in [7, 11) is 0. The Hall–Kier alpha value is -2.08. The third kappa shape index (κ3) is 2.71. The van der Waals surface area contributed by atoms with Gasteiger partial charge in [-0.2, -0.15) is 0 Å². The number of pyridine rings is 1. The van der Waals surface area contributed by atoms with E-state index in [1.165, 1.54) is 0 Å². The number of halogens is 1. The standard InChI is InChI=1S/C15H15FN4S/c1-3-5-17-15-13(16)9(2)19-14(20-15)10-7-12-11(18-8-10)4-6-21-12/h4,6-8H,3,5H2,1-2H3,(H,17,19,20).